The van der Waals surface area contributed by atoms with Crippen LogP contribution in [0.2, 0.25) is 0 Å². The minimum absolute atomic E-state index is 0.0305. The maximum absolute atomic E-state index is 13.5. The van der Waals surface area contributed by atoms with Crippen LogP contribution in [0.5, 0.6) is 11.5 Å². The molecule has 0 radical (unpaired) electrons. The summed E-state index contributed by atoms with van der Waals surface area (Å²) in [6.45, 7) is -0.465. The molecule has 7 nitrogen and oxygen atoms in total. The average molecular weight is 366 g/mol. The molecule has 1 aliphatic rings. The van der Waals surface area contributed by atoms with Crippen LogP contribution in [0.25, 0.3) is 0 Å². The van der Waals surface area contributed by atoms with Gasteiger partial charge in [0.15, 0.2) is 11.5 Å². The van der Waals surface area contributed by atoms with E-state index in [2.05, 4.69) is 10.0 Å². The summed E-state index contributed by atoms with van der Waals surface area (Å²) in [6.07, 6.45) is 0. The second-order valence-electron chi connectivity index (χ2n) is 5.21. The van der Waals surface area contributed by atoms with Crippen LogP contribution in [0.15, 0.2) is 47.4 Å². The normalized spacial score (nSPS) is 12.8. The number of carbonyl (C=O) groups is 1. The van der Waals surface area contributed by atoms with Crippen LogP contribution in [-0.4, -0.2) is 27.7 Å². The van der Waals surface area contributed by atoms with Gasteiger partial charge in [0.1, 0.15) is 5.82 Å². The Balaban J connectivity index is 1.57. The first-order valence-electron chi connectivity index (χ1n) is 7.35. The van der Waals surface area contributed by atoms with E-state index >= 15 is 0 Å². The summed E-state index contributed by atoms with van der Waals surface area (Å²) in [6, 6.07) is 10.2. The molecule has 0 spiro atoms. The van der Waals surface area contributed by atoms with E-state index in [1.807, 2.05) is 0 Å². The maximum Gasteiger partial charge on any atom is 0.241 e. The van der Waals surface area contributed by atoms with Gasteiger partial charge in [-0.25, -0.2) is 17.5 Å². The number of sulfonamides is 1. The van der Waals surface area contributed by atoms with Crippen molar-refractivity contribution in [2.45, 2.75) is 11.4 Å². The molecule has 0 unspecified atom stereocenters. The standard InChI is InChI=1S/C16H15FN2O5S/c17-13-4-2-1-3-11(13)8-18-16(20)9-19-25(21,22)12-5-6-14-15(7-12)24-10-23-14/h1-7,19H,8-10H2,(H,18,20). The second-order valence-corrected chi connectivity index (χ2v) is 6.97. The summed E-state index contributed by atoms with van der Waals surface area (Å²) in [5, 5.41) is 2.45. The van der Waals surface area contributed by atoms with Gasteiger partial charge in [-0.2, -0.15) is 0 Å². The van der Waals surface area contributed by atoms with E-state index in [-0.39, 0.29) is 18.2 Å². The number of carbonyl (C=O) groups excluding carboxylic acids is 1. The highest BCUT2D eigenvalue weighted by atomic mass is 32.2. The van der Waals surface area contributed by atoms with Crippen molar-refractivity contribution in [2.24, 2.45) is 0 Å². The van der Waals surface area contributed by atoms with Gasteiger partial charge in [-0.1, -0.05) is 18.2 Å². The Morgan fingerprint density at radius 2 is 1.88 bits per heavy atom. The molecule has 0 aromatic heterocycles. The molecule has 1 aliphatic heterocycles. The van der Waals surface area contributed by atoms with E-state index < -0.39 is 28.3 Å². The predicted octanol–water partition coefficient (Wildman–Crippen LogP) is 1.15. The number of nitrogens with one attached hydrogen (secondary N) is 2. The fourth-order valence-corrected chi connectivity index (χ4v) is 3.18. The molecule has 0 bridgehead atoms. The lowest BCUT2D eigenvalue weighted by Crippen LogP contribution is -2.36. The van der Waals surface area contributed by atoms with Gasteiger partial charge in [-0.15, -0.1) is 0 Å². The zero-order chi connectivity index (χ0) is 17.9. The number of rotatable bonds is 6. The van der Waals surface area contributed by atoms with Gasteiger partial charge in [0.05, 0.1) is 11.4 Å². The average Bonchev–Trinajstić information content (AvgIpc) is 3.07. The molecule has 132 valence electrons. The molecule has 2 aromatic carbocycles. The van der Waals surface area contributed by atoms with Crippen LogP contribution >= 0.6 is 0 Å². The first-order valence-corrected chi connectivity index (χ1v) is 8.83. The predicted molar refractivity (Wildman–Crippen MR) is 86.0 cm³/mol. The highest BCUT2D eigenvalue weighted by molar-refractivity contribution is 7.89. The summed E-state index contributed by atoms with van der Waals surface area (Å²) in [5.41, 5.74) is 0.314. The lowest BCUT2D eigenvalue weighted by Gasteiger charge is -2.09. The number of fused-ring (bicyclic) bond motifs is 1. The van der Waals surface area contributed by atoms with Gasteiger partial charge in [-0.3, -0.25) is 4.79 Å². The van der Waals surface area contributed by atoms with Crippen molar-refractivity contribution in [3.8, 4) is 11.5 Å². The van der Waals surface area contributed by atoms with Gasteiger partial charge >= 0.3 is 0 Å². The molecule has 9 heteroatoms. The maximum atomic E-state index is 13.5. The summed E-state index contributed by atoms with van der Waals surface area (Å²) in [7, 11) is -3.89. The zero-order valence-corrected chi connectivity index (χ0v) is 13.8. The lowest BCUT2D eigenvalue weighted by molar-refractivity contribution is -0.120. The van der Waals surface area contributed by atoms with Crippen molar-refractivity contribution in [3.63, 3.8) is 0 Å². The third kappa shape index (κ3) is 4.06. The lowest BCUT2D eigenvalue weighted by atomic mass is 10.2. The molecule has 0 aliphatic carbocycles. The molecule has 0 fully saturated rings. The van der Waals surface area contributed by atoms with E-state index in [0.29, 0.717) is 17.1 Å². The number of amides is 1. The second kappa shape index (κ2) is 7.08. The Hall–Kier alpha value is -2.65. The number of ether oxygens (including phenoxy) is 2. The largest absolute Gasteiger partial charge is 0.454 e. The van der Waals surface area contributed by atoms with E-state index in [1.165, 1.54) is 30.3 Å². The summed E-state index contributed by atoms with van der Waals surface area (Å²) in [4.78, 5) is 11.7. The Morgan fingerprint density at radius 3 is 2.68 bits per heavy atom. The van der Waals surface area contributed by atoms with E-state index in [1.54, 1.807) is 12.1 Å². The number of hydrogen-bond acceptors (Lipinski definition) is 5. The fraction of sp³-hybridized carbons (Fsp3) is 0.188. The van der Waals surface area contributed by atoms with Crippen LogP contribution in [0.4, 0.5) is 4.39 Å². The van der Waals surface area contributed by atoms with Crippen molar-refractivity contribution in [1.82, 2.24) is 10.0 Å². The Bertz CT molecular complexity index is 901. The van der Waals surface area contributed by atoms with Crippen LogP contribution in [0.1, 0.15) is 5.56 Å². The highest BCUT2D eigenvalue weighted by Crippen LogP contribution is 2.33. The molecule has 1 heterocycles. The van der Waals surface area contributed by atoms with E-state index in [0.717, 1.165) is 0 Å². The van der Waals surface area contributed by atoms with Gasteiger partial charge in [0.25, 0.3) is 0 Å². The molecule has 3 rings (SSSR count). The minimum Gasteiger partial charge on any atom is -0.454 e. The van der Waals surface area contributed by atoms with Crippen molar-refractivity contribution >= 4 is 15.9 Å². The third-order valence-electron chi connectivity index (χ3n) is 3.51. The number of hydrogen-bond donors (Lipinski definition) is 2. The van der Waals surface area contributed by atoms with Gasteiger partial charge in [0.2, 0.25) is 22.7 Å². The van der Waals surface area contributed by atoms with Crippen LogP contribution in [-0.2, 0) is 21.4 Å². The van der Waals surface area contributed by atoms with Gasteiger partial charge in [0, 0.05) is 18.2 Å². The van der Waals surface area contributed by atoms with Crippen molar-refractivity contribution in [2.75, 3.05) is 13.3 Å². The molecule has 2 aromatic rings. The van der Waals surface area contributed by atoms with Crippen molar-refractivity contribution in [3.05, 3.63) is 53.8 Å². The van der Waals surface area contributed by atoms with Crippen LogP contribution in [0, 0.1) is 5.82 Å². The van der Waals surface area contributed by atoms with E-state index in [9.17, 15) is 17.6 Å². The first kappa shape index (κ1) is 17.2. The molecule has 0 saturated carbocycles. The molecule has 0 atom stereocenters. The SMILES string of the molecule is O=C(CNS(=O)(=O)c1ccc2c(c1)OCO2)NCc1ccccc1F. The first-order chi connectivity index (χ1) is 12.0. The quantitative estimate of drug-likeness (QED) is 0.800. The molecule has 2 N–H and O–H groups in total. The Kier molecular flexibility index (Phi) is 4.86. The molecular formula is C16H15FN2O5S. The van der Waals surface area contributed by atoms with Crippen LogP contribution < -0.4 is 19.5 Å². The molecule has 25 heavy (non-hydrogen) atoms. The fourth-order valence-electron chi connectivity index (χ4n) is 2.19. The van der Waals surface area contributed by atoms with Crippen molar-refractivity contribution in [1.29, 1.82) is 0 Å². The molecular weight excluding hydrogens is 351 g/mol. The number of halogens is 1. The summed E-state index contributed by atoms with van der Waals surface area (Å²) < 4.78 is 50.3. The topological polar surface area (TPSA) is 93.7 Å². The van der Waals surface area contributed by atoms with Crippen LogP contribution in [0.3, 0.4) is 0 Å². The van der Waals surface area contributed by atoms with Gasteiger partial charge < -0.3 is 14.8 Å². The Morgan fingerprint density at radius 1 is 1.12 bits per heavy atom. The smallest absolute Gasteiger partial charge is 0.241 e. The third-order valence-corrected chi connectivity index (χ3v) is 4.91. The minimum atomic E-state index is -3.89. The van der Waals surface area contributed by atoms with Gasteiger partial charge in [-0.05, 0) is 18.2 Å². The van der Waals surface area contributed by atoms with E-state index in [4.69, 9.17) is 9.47 Å². The molecule has 0 saturated heterocycles. The monoisotopic (exact) mass is 366 g/mol. The number of benzene rings is 2. The molecule has 1 amide bonds. The van der Waals surface area contributed by atoms with Crippen molar-refractivity contribution < 1.29 is 27.1 Å². The Labute approximate surface area is 143 Å². The highest BCUT2D eigenvalue weighted by Gasteiger charge is 2.20. The summed E-state index contributed by atoms with van der Waals surface area (Å²) >= 11 is 0. The zero-order valence-electron chi connectivity index (χ0n) is 13.0. The summed E-state index contributed by atoms with van der Waals surface area (Å²) in [5.74, 6) is -0.232.